The third kappa shape index (κ3) is 0.876. The Bertz CT molecular complexity index is 318. The van der Waals surface area contributed by atoms with E-state index in [0.29, 0.717) is 12.3 Å². The summed E-state index contributed by atoms with van der Waals surface area (Å²) < 4.78 is 0. The summed E-state index contributed by atoms with van der Waals surface area (Å²) in [6.45, 7) is 0. The average Bonchev–Trinajstić information content (AvgIpc) is 2.61. The lowest BCUT2D eigenvalue weighted by Crippen LogP contribution is -2.42. The molecule has 0 aromatic rings. The monoisotopic (exact) mass is 192 g/mol. The molecule has 3 rings (SSSR count). The van der Waals surface area contributed by atoms with Gasteiger partial charge in [0.2, 0.25) is 0 Å². The van der Waals surface area contributed by atoms with Gasteiger partial charge in [-0.05, 0) is 37.7 Å². The first-order valence-electron chi connectivity index (χ1n) is 5.65. The lowest BCUT2D eigenvalue weighted by Gasteiger charge is -2.42. The zero-order valence-electron chi connectivity index (χ0n) is 8.33. The van der Waals surface area contributed by atoms with Crippen molar-refractivity contribution in [1.82, 2.24) is 0 Å². The molecule has 2 saturated carbocycles. The fourth-order valence-corrected chi connectivity index (χ4v) is 3.90. The van der Waals surface area contributed by atoms with Crippen molar-refractivity contribution in [2.24, 2.45) is 11.3 Å². The van der Waals surface area contributed by atoms with E-state index in [1.54, 1.807) is 0 Å². The summed E-state index contributed by atoms with van der Waals surface area (Å²) in [5.41, 5.74) is 1.16. The van der Waals surface area contributed by atoms with E-state index in [1.807, 2.05) is 6.08 Å². The van der Waals surface area contributed by atoms with Crippen molar-refractivity contribution in [2.75, 3.05) is 0 Å². The highest BCUT2D eigenvalue weighted by Crippen LogP contribution is 2.59. The molecule has 1 N–H and O–H groups in total. The Kier molecular flexibility index (Phi) is 1.67. The van der Waals surface area contributed by atoms with Gasteiger partial charge in [0.05, 0.1) is 6.10 Å². The van der Waals surface area contributed by atoms with Crippen LogP contribution in [0.5, 0.6) is 0 Å². The second kappa shape index (κ2) is 2.69. The number of allylic oxidation sites excluding steroid dienone is 1. The van der Waals surface area contributed by atoms with Crippen molar-refractivity contribution in [3.63, 3.8) is 0 Å². The summed E-state index contributed by atoms with van der Waals surface area (Å²) in [7, 11) is 0. The highest BCUT2D eigenvalue weighted by Gasteiger charge is 2.56. The molecule has 0 saturated heterocycles. The molecule has 2 nitrogen and oxygen atoms in total. The highest BCUT2D eigenvalue weighted by molar-refractivity contribution is 5.95. The van der Waals surface area contributed by atoms with Gasteiger partial charge >= 0.3 is 0 Å². The first-order valence-corrected chi connectivity index (χ1v) is 5.65. The molecule has 14 heavy (non-hydrogen) atoms. The lowest BCUT2D eigenvalue weighted by atomic mass is 9.64. The van der Waals surface area contributed by atoms with Crippen LogP contribution in [0.2, 0.25) is 0 Å². The summed E-state index contributed by atoms with van der Waals surface area (Å²) in [4.78, 5) is 11.5. The van der Waals surface area contributed by atoms with Gasteiger partial charge in [-0.1, -0.05) is 12.0 Å². The van der Waals surface area contributed by atoms with Crippen molar-refractivity contribution in [2.45, 2.75) is 44.6 Å². The van der Waals surface area contributed by atoms with E-state index in [9.17, 15) is 9.90 Å². The SMILES string of the molecule is O=C1C=C2CC[C@@H]3CCC[C@@H](O)[C@]23C1. The lowest BCUT2D eigenvalue weighted by molar-refractivity contribution is -0.118. The van der Waals surface area contributed by atoms with E-state index < -0.39 is 0 Å². The van der Waals surface area contributed by atoms with Gasteiger partial charge < -0.3 is 5.11 Å². The molecule has 76 valence electrons. The first-order chi connectivity index (χ1) is 6.73. The maximum atomic E-state index is 11.5. The van der Waals surface area contributed by atoms with Crippen LogP contribution in [0, 0.1) is 11.3 Å². The normalized spacial score (nSPS) is 46.1. The van der Waals surface area contributed by atoms with Gasteiger partial charge in [0.25, 0.3) is 0 Å². The van der Waals surface area contributed by atoms with Crippen LogP contribution in [0.25, 0.3) is 0 Å². The number of hydrogen-bond acceptors (Lipinski definition) is 2. The number of carbonyl (C=O) groups is 1. The summed E-state index contributed by atoms with van der Waals surface area (Å²) in [5, 5.41) is 10.2. The zero-order valence-corrected chi connectivity index (χ0v) is 8.33. The summed E-state index contributed by atoms with van der Waals surface area (Å²) in [6, 6.07) is 0. The zero-order chi connectivity index (χ0) is 9.76. The van der Waals surface area contributed by atoms with Gasteiger partial charge in [-0.2, -0.15) is 0 Å². The molecule has 0 aromatic carbocycles. The van der Waals surface area contributed by atoms with Crippen LogP contribution in [0.3, 0.4) is 0 Å². The van der Waals surface area contributed by atoms with E-state index in [-0.39, 0.29) is 17.3 Å². The Labute approximate surface area is 84.0 Å². The van der Waals surface area contributed by atoms with Gasteiger partial charge in [-0.3, -0.25) is 4.79 Å². The molecule has 1 spiro atoms. The number of ketones is 1. The molecule has 0 unspecified atom stereocenters. The number of aliphatic hydroxyl groups is 1. The predicted molar refractivity (Wildman–Crippen MR) is 52.7 cm³/mol. The smallest absolute Gasteiger partial charge is 0.156 e. The van der Waals surface area contributed by atoms with Crippen LogP contribution in [0.4, 0.5) is 0 Å². The number of rotatable bonds is 0. The predicted octanol–water partition coefficient (Wildman–Crippen LogP) is 1.83. The second-order valence-electron chi connectivity index (χ2n) is 5.04. The Morgan fingerprint density at radius 1 is 1.36 bits per heavy atom. The van der Waals surface area contributed by atoms with E-state index >= 15 is 0 Å². The van der Waals surface area contributed by atoms with Crippen molar-refractivity contribution in [3.05, 3.63) is 11.6 Å². The van der Waals surface area contributed by atoms with Gasteiger partial charge in [0.15, 0.2) is 5.78 Å². The highest BCUT2D eigenvalue weighted by atomic mass is 16.3. The molecule has 0 aliphatic heterocycles. The minimum atomic E-state index is -0.249. The van der Waals surface area contributed by atoms with Crippen LogP contribution >= 0.6 is 0 Å². The summed E-state index contributed by atoms with van der Waals surface area (Å²) >= 11 is 0. The average molecular weight is 192 g/mol. The largest absolute Gasteiger partial charge is 0.392 e. The van der Waals surface area contributed by atoms with E-state index in [4.69, 9.17) is 0 Å². The van der Waals surface area contributed by atoms with Crippen molar-refractivity contribution in [1.29, 1.82) is 0 Å². The molecule has 0 amide bonds. The third-order valence-corrected chi connectivity index (χ3v) is 4.52. The molecule has 0 bridgehead atoms. The quantitative estimate of drug-likeness (QED) is 0.635. The second-order valence-corrected chi connectivity index (χ2v) is 5.04. The number of carbonyl (C=O) groups excluding carboxylic acids is 1. The molecule has 2 fully saturated rings. The minimum absolute atomic E-state index is 0.102. The molecule has 2 heteroatoms. The molecule has 3 aliphatic carbocycles. The van der Waals surface area contributed by atoms with Crippen molar-refractivity contribution < 1.29 is 9.90 Å². The molecular weight excluding hydrogens is 176 g/mol. The van der Waals surface area contributed by atoms with Crippen LogP contribution in [0.15, 0.2) is 11.6 Å². The minimum Gasteiger partial charge on any atom is -0.392 e. The summed E-state index contributed by atoms with van der Waals surface area (Å²) in [5.74, 6) is 0.828. The Hall–Kier alpha value is -0.630. The Morgan fingerprint density at radius 2 is 2.21 bits per heavy atom. The van der Waals surface area contributed by atoms with E-state index in [0.717, 1.165) is 19.3 Å². The van der Waals surface area contributed by atoms with Crippen molar-refractivity contribution >= 4 is 5.78 Å². The molecule has 3 atom stereocenters. The fourth-order valence-electron chi connectivity index (χ4n) is 3.90. The molecule has 0 radical (unpaired) electrons. The van der Waals surface area contributed by atoms with Crippen LogP contribution in [-0.2, 0) is 4.79 Å². The number of aliphatic hydroxyl groups excluding tert-OH is 1. The molecular formula is C12H16O2. The van der Waals surface area contributed by atoms with Crippen LogP contribution in [0.1, 0.15) is 38.5 Å². The molecule has 3 aliphatic rings. The summed E-state index contributed by atoms with van der Waals surface area (Å²) in [6.07, 6.45) is 7.63. The third-order valence-electron chi connectivity index (χ3n) is 4.52. The Morgan fingerprint density at radius 3 is 3.07 bits per heavy atom. The molecule has 0 aromatic heterocycles. The van der Waals surface area contributed by atoms with E-state index in [1.165, 1.54) is 18.4 Å². The van der Waals surface area contributed by atoms with Gasteiger partial charge in [0, 0.05) is 11.8 Å². The van der Waals surface area contributed by atoms with Gasteiger partial charge in [-0.15, -0.1) is 0 Å². The Balaban J connectivity index is 2.06. The van der Waals surface area contributed by atoms with E-state index in [2.05, 4.69) is 0 Å². The first kappa shape index (κ1) is 8.66. The van der Waals surface area contributed by atoms with Gasteiger partial charge in [-0.25, -0.2) is 0 Å². The van der Waals surface area contributed by atoms with Gasteiger partial charge in [0.1, 0.15) is 0 Å². The maximum Gasteiger partial charge on any atom is 0.156 e. The standard InChI is InChI=1S/C12H16O2/c13-10-6-9-5-4-8-2-1-3-11(14)12(8,9)7-10/h6,8,11,14H,1-5,7H2/t8-,11+,12-/m0/s1. The fraction of sp³-hybridized carbons (Fsp3) is 0.750. The number of hydrogen-bond donors (Lipinski definition) is 1. The topological polar surface area (TPSA) is 37.3 Å². The van der Waals surface area contributed by atoms with Crippen molar-refractivity contribution in [3.8, 4) is 0 Å². The van der Waals surface area contributed by atoms with Crippen LogP contribution < -0.4 is 0 Å². The van der Waals surface area contributed by atoms with Crippen LogP contribution in [-0.4, -0.2) is 17.0 Å². The molecule has 0 heterocycles. The maximum absolute atomic E-state index is 11.5.